The van der Waals surface area contributed by atoms with Crippen molar-refractivity contribution in [3.8, 4) is 11.5 Å². The molecule has 1 aromatic heterocycles. The Bertz CT molecular complexity index is 1560. The normalized spacial score (nSPS) is 21.9. The van der Waals surface area contributed by atoms with Crippen molar-refractivity contribution in [2.24, 2.45) is 5.92 Å². The van der Waals surface area contributed by atoms with Crippen LogP contribution in [0.15, 0.2) is 48.5 Å². The molecule has 2 amide bonds. The van der Waals surface area contributed by atoms with E-state index in [1.165, 1.54) is 0 Å². The molecule has 0 radical (unpaired) electrons. The van der Waals surface area contributed by atoms with Gasteiger partial charge in [0, 0.05) is 31.7 Å². The average Bonchev–Trinajstić information content (AvgIpc) is 3.38. The molecule has 0 bridgehead atoms. The maximum absolute atomic E-state index is 13.8. The molecule has 6 rings (SSSR count). The van der Waals surface area contributed by atoms with Gasteiger partial charge in [-0.2, -0.15) is 0 Å². The number of carbonyl (C=O) groups excluding carboxylic acids is 2. The summed E-state index contributed by atoms with van der Waals surface area (Å²) in [7, 11) is 5.54. The predicted octanol–water partition coefficient (Wildman–Crippen LogP) is 5.33. The lowest BCUT2D eigenvalue weighted by atomic mass is 9.85. The monoisotopic (exact) mass is 646 g/mol. The van der Waals surface area contributed by atoms with Gasteiger partial charge in [0.2, 0.25) is 11.8 Å². The number of anilines is 2. The number of methoxy groups -OCH3 is 1. The van der Waals surface area contributed by atoms with Crippen molar-refractivity contribution in [1.82, 2.24) is 20.0 Å². The summed E-state index contributed by atoms with van der Waals surface area (Å²) in [4.78, 5) is 33.8. The molecular weight excluding hydrogens is 604 g/mol. The second kappa shape index (κ2) is 13.5. The summed E-state index contributed by atoms with van der Waals surface area (Å²) >= 11 is 6.26. The Labute approximate surface area is 276 Å². The van der Waals surface area contributed by atoms with E-state index in [4.69, 9.17) is 21.1 Å². The number of benzene rings is 2. The summed E-state index contributed by atoms with van der Waals surface area (Å²) in [6, 6.07) is 15.3. The lowest BCUT2D eigenvalue weighted by molar-refractivity contribution is -0.125. The number of rotatable bonds is 9. The zero-order chi connectivity index (χ0) is 32.5. The number of likely N-dealkylation sites (N-methyl/N-ethyl adjacent to an activating group) is 1. The first-order valence-electron chi connectivity index (χ1n) is 16.1. The van der Waals surface area contributed by atoms with Crippen LogP contribution in [0.5, 0.6) is 11.5 Å². The van der Waals surface area contributed by atoms with E-state index in [2.05, 4.69) is 20.0 Å². The molecule has 1 atom stereocenters. The molecule has 3 aliphatic rings. The van der Waals surface area contributed by atoms with E-state index in [9.17, 15) is 9.59 Å². The third-order valence-corrected chi connectivity index (χ3v) is 9.69. The number of halogens is 1. The molecule has 0 spiro atoms. The molecule has 2 aromatic carbocycles. The maximum atomic E-state index is 13.8. The van der Waals surface area contributed by atoms with Gasteiger partial charge in [-0.05, 0) is 98.5 Å². The SMILES string of the molecule is COc1cc2c(cc1OC(C)C)[C@H](c1ccc(Cl)cc1)N(c1ccc(N(C)C[C@H]3CC[C@H](N4CC(=O)N(C)C4)CC3)nn1)C(=O)C2. The fourth-order valence-corrected chi connectivity index (χ4v) is 7.19. The first kappa shape index (κ1) is 32.1. The minimum atomic E-state index is -0.451. The van der Waals surface area contributed by atoms with Gasteiger partial charge in [0.15, 0.2) is 23.1 Å². The molecule has 2 aliphatic heterocycles. The molecule has 11 heteroatoms. The number of ether oxygens (including phenoxy) is 2. The van der Waals surface area contributed by atoms with Gasteiger partial charge in [-0.25, -0.2) is 0 Å². The Balaban J connectivity index is 1.21. The summed E-state index contributed by atoms with van der Waals surface area (Å²) < 4.78 is 11.7. The average molecular weight is 647 g/mol. The first-order chi connectivity index (χ1) is 22.1. The lowest BCUT2D eigenvalue weighted by Gasteiger charge is -2.37. The van der Waals surface area contributed by atoms with Crippen LogP contribution in [0, 0.1) is 5.92 Å². The zero-order valence-corrected chi connectivity index (χ0v) is 28.0. The molecule has 1 aliphatic carbocycles. The molecule has 46 heavy (non-hydrogen) atoms. The second-order valence-electron chi connectivity index (χ2n) is 13.0. The van der Waals surface area contributed by atoms with E-state index in [1.807, 2.05) is 81.4 Å². The fourth-order valence-electron chi connectivity index (χ4n) is 7.06. The van der Waals surface area contributed by atoms with Gasteiger partial charge in [-0.15, -0.1) is 10.2 Å². The summed E-state index contributed by atoms with van der Waals surface area (Å²) in [5.41, 5.74) is 2.74. The summed E-state index contributed by atoms with van der Waals surface area (Å²) in [6.07, 6.45) is 4.59. The smallest absolute Gasteiger partial charge is 0.237 e. The lowest BCUT2D eigenvalue weighted by Crippen LogP contribution is -2.41. The molecule has 10 nitrogen and oxygen atoms in total. The van der Waals surface area contributed by atoms with Crippen LogP contribution < -0.4 is 19.3 Å². The van der Waals surface area contributed by atoms with Gasteiger partial charge in [0.1, 0.15) is 0 Å². The summed E-state index contributed by atoms with van der Waals surface area (Å²) in [5.74, 6) is 3.16. The van der Waals surface area contributed by atoms with Gasteiger partial charge in [-0.3, -0.25) is 19.4 Å². The molecule has 3 heterocycles. The quantitative estimate of drug-likeness (QED) is 0.308. The Morgan fingerprint density at radius 3 is 2.33 bits per heavy atom. The number of amides is 2. The van der Waals surface area contributed by atoms with Crippen molar-refractivity contribution in [2.45, 2.75) is 64.1 Å². The van der Waals surface area contributed by atoms with Gasteiger partial charge in [0.25, 0.3) is 0 Å². The fraction of sp³-hybridized carbons (Fsp3) is 0.486. The van der Waals surface area contributed by atoms with E-state index in [-0.39, 0.29) is 24.3 Å². The Hall–Kier alpha value is -3.89. The number of aromatic nitrogens is 2. The van der Waals surface area contributed by atoms with Crippen LogP contribution in [0.4, 0.5) is 11.6 Å². The third kappa shape index (κ3) is 6.64. The van der Waals surface area contributed by atoms with Gasteiger partial charge >= 0.3 is 0 Å². The third-order valence-electron chi connectivity index (χ3n) is 9.43. The minimum Gasteiger partial charge on any atom is -0.493 e. The Morgan fingerprint density at radius 1 is 0.978 bits per heavy atom. The molecule has 3 aromatic rings. The molecule has 1 saturated heterocycles. The Kier molecular flexibility index (Phi) is 9.38. The van der Waals surface area contributed by atoms with E-state index >= 15 is 0 Å². The van der Waals surface area contributed by atoms with Crippen LogP contribution in [0.3, 0.4) is 0 Å². The van der Waals surface area contributed by atoms with Gasteiger partial charge in [0.05, 0.1) is 38.9 Å². The highest BCUT2D eigenvalue weighted by Gasteiger charge is 2.37. The van der Waals surface area contributed by atoms with Crippen molar-refractivity contribution < 1.29 is 19.1 Å². The number of hydrogen-bond donors (Lipinski definition) is 0. The van der Waals surface area contributed by atoms with Crippen molar-refractivity contribution in [2.75, 3.05) is 50.8 Å². The topological polar surface area (TPSA) is 91.3 Å². The molecule has 2 fully saturated rings. The number of fused-ring (bicyclic) bond motifs is 1. The van der Waals surface area contributed by atoms with Crippen molar-refractivity contribution >= 4 is 35.1 Å². The molecular formula is C35H43ClN6O4. The zero-order valence-electron chi connectivity index (χ0n) is 27.3. The number of nitrogens with zero attached hydrogens (tertiary/aromatic N) is 6. The highest BCUT2D eigenvalue weighted by atomic mass is 35.5. The number of hydrogen-bond acceptors (Lipinski definition) is 8. The van der Waals surface area contributed by atoms with E-state index < -0.39 is 6.04 Å². The summed E-state index contributed by atoms with van der Waals surface area (Å²) in [6.45, 7) is 6.10. The van der Waals surface area contributed by atoms with Crippen LogP contribution in [-0.4, -0.2) is 84.9 Å². The van der Waals surface area contributed by atoms with E-state index in [1.54, 1.807) is 12.0 Å². The van der Waals surface area contributed by atoms with Crippen LogP contribution in [0.1, 0.15) is 62.3 Å². The van der Waals surface area contributed by atoms with Crippen molar-refractivity contribution in [1.29, 1.82) is 0 Å². The number of carbonyl (C=O) groups is 2. The molecule has 0 N–H and O–H groups in total. The molecule has 244 valence electrons. The Morgan fingerprint density at radius 2 is 1.72 bits per heavy atom. The van der Waals surface area contributed by atoms with Crippen molar-refractivity contribution in [3.63, 3.8) is 0 Å². The van der Waals surface area contributed by atoms with Crippen LogP contribution in [0.25, 0.3) is 0 Å². The predicted molar refractivity (Wildman–Crippen MR) is 179 cm³/mol. The van der Waals surface area contributed by atoms with Crippen LogP contribution in [0.2, 0.25) is 5.02 Å². The highest BCUT2D eigenvalue weighted by Crippen LogP contribution is 2.43. The van der Waals surface area contributed by atoms with Crippen molar-refractivity contribution in [3.05, 3.63) is 70.2 Å². The first-order valence-corrected chi connectivity index (χ1v) is 16.5. The largest absolute Gasteiger partial charge is 0.493 e. The maximum Gasteiger partial charge on any atom is 0.237 e. The second-order valence-corrected chi connectivity index (χ2v) is 13.5. The van der Waals surface area contributed by atoms with Crippen LogP contribution in [-0.2, 0) is 16.0 Å². The van der Waals surface area contributed by atoms with Gasteiger partial charge < -0.3 is 19.3 Å². The van der Waals surface area contributed by atoms with Gasteiger partial charge in [-0.1, -0.05) is 23.7 Å². The molecule has 1 saturated carbocycles. The molecule has 0 unspecified atom stereocenters. The van der Waals surface area contributed by atoms with Crippen LogP contribution >= 0.6 is 11.6 Å². The highest BCUT2D eigenvalue weighted by molar-refractivity contribution is 6.30. The van der Waals surface area contributed by atoms with E-state index in [0.717, 1.165) is 61.4 Å². The van der Waals surface area contributed by atoms with E-state index in [0.29, 0.717) is 40.8 Å². The minimum absolute atomic E-state index is 0.0505. The summed E-state index contributed by atoms with van der Waals surface area (Å²) in [5, 5.41) is 9.82. The standard InChI is InChI=1S/C35H43ClN6O4/c1-22(2)46-30-18-28-25(16-29(30)45-5)17-33(43)42(35(28)24-8-10-26(36)11-9-24)32-15-14-31(37-38-32)39(3)19-23-6-12-27(13-7-23)41-20-34(44)40(4)21-41/h8-11,14-16,18,22-23,27,35H,6-7,12-13,17,19-21H2,1-5H3/t23-,27-,35-/m0/s1.